The van der Waals surface area contributed by atoms with Gasteiger partial charge in [-0.15, -0.1) is 0 Å². The Morgan fingerprint density at radius 3 is 2.70 bits per heavy atom. The molecule has 0 bridgehead atoms. The number of hydrogen-bond acceptors (Lipinski definition) is 3. The van der Waals surface area contributed by atoms with Crippen molar-refractivity contribution in [3.05, 3.63) is 69.5 Å². The van der Waals surface area contributed by atoms with Crippen LogP contribution in [0.3, 0.4) is 0 Å². The van der Waals surface area contributed by atoms with Gasteiger partial charge < -0.3 is 9.64 Å². The van der Waals surface area contributed by atoms with E-state index in [9.17, 15) is 4.79 Å². The van der Waals surface area contributed by atoms with Gasteiger partial charge in [-0.2, -0.15) is 0 Å². The van der Waals surface area contributed by atoms with Crippen LogP contribution in [0.25, 0.3) is 5.57 Å². The number of methoxy groups -OCH3 is 1. The van der Waals surface area contributed by atoms with Gasteiger partial charge in [0.05, 0.1) is 5.69 Å². The Morgan fingerprint density at radius 1 is 1.15 bits per heavy atom. The fourth-order valence-corrected chi connectivity index (χ4v) is 4.32. The van der Waals surface area contributed by atoms with Gasteiger partial charge in [0.25, 0.3) is 0 Å². The van der Waals surface area contributed by atoms with Crippen LogP contribution in [0.4, 0.5) is 0 Å². The van der Waals surface area contributed by atoms with E-state index in [1.807, 2.05) is 23.2 Å². The molecule has 0 spiro atoms. The van der Waals surface area contributed by atoms with Crippen molar-refractivity contribution < 1.29 is 9.53 Å². The minimum Gasteiger partial charge on any atom is -0.375 e. The fraction of sp³-hybridized carbons (Fsp3) is 0.364. The first-order valence-corrected chi connectivity index (χ1v) is 9.77. The number of fused-ring (bicyclic) bond motifs is 2. The van der Waals surface area contributed by atoms with E-state index in [0.29, 0.717) is 0 Å². The van der Waals surface area contributed by atoms with Crippen molar-refractivity contribution >= 4 is 23.1 Å². The molecule has 1 fully saturated rings. The molecule has 1 aliphatic heterocycles. The van der Waals surface area contributed by atoms with Gasteiger partial charge in [-0.25, -0.2) is 0 Å². The molecule has 4 rings (SSSR count). The lowest BCUT2D eigenvalue weighted by Gasteiger charge is -2.30. The molecule has 1 aliphatic carbocycles. The molecule has 1 aromatic carbocycles. The Labute approximate surface area is 164 Å². The lowest BCUT2D eigenvalue weighted by molar-refractivity contribution is -0.135. The first-order chi connectivity index (χ1) is 13.2. The normalized spacial score (nSPS) is 16.6. The molecular weight excluding hydrogens is 360 g/mol. The molecule has 1 amide bonds. The van der Waals surface area contributed by atoms with Crippen LogP contribution in [0.15, 0.2) is 42.1 Å². The van der Waals surface area contributed by atoms with E-state index in [4.69, 9.17) is 21.3 Å². The summed E-state index contributed by atoms with van der Waals surface area (Å²) in [6.07, 6.45) is 5.53. The van der Waals surface area contributed by atoms with Gasteiger partial charge in [0.1, 0.15) is 6.61 Å². The second kappa shape index (κ2) is 7.83. The Kier molecular flexibility index (Phi) is 5.28. The van der Waals surface area contributed by atoms with E-state index < -0.39 is 0 Å². The highest BCUT2D eigenvalue weighted by Gasteiger charge is 2.26. The smallest absolute Gasteiger partial charge is 0.248 e. The average molecular weight is 383 g/mol. The molecule has 0 unspecified atom stereocenters. The summed E-state index contributed by atoms with van der Waals surface area (Å²) in [5.74, 6) is 0.0631. The van der Waals surface area contributed by atoms with Gasteiger partial charge in [0, 0.05) is 37.0 Å². The summed E-state index contributed by atoms with van der Waals surface area (Å²) in [4.78, 5) is 18.8. The quantitative estimate of drug-likeness (QED) is 0.791. The molecule has 2 aromatic rings. The molecule has 5 heteroatoms. The number of halogens is 1. The molecule has 27 heavy (non-hydrogen) atoms. The van der Waals surface area contributed by atoms with Crippen molar-refractivity contribution in [3.63, 3.8) is 0 Å². The maximum atomic E-state index is 12.1. The van der Waals surface area contributed by atoms with Crippen LogP contribution in [0.5, 0.6) is 0 Å². The number of carbonyl (C=O) groups is 1. The van der Waals surface area contributed by atoms with Crippen molar-refractivity contribution in [2.45, 2.75) is 25.7 Å². The summed E-state index contributed by atoms with van der Waals surface area (Å²) >= 11 is 6.27. The predicted octanol–water partition coefficient (Wildman–Crippen LogP) is 3.90. The molecule has 2 aliphatic rings. The number of benzene rings is 1. The van der Waals surface area contributed by atoms with Crippen molar-refractivity contribution in [2.75, 3.05) is 26.8 Å². The van der Waals surface area contributed by atoms with E-state index in [-0.39, 0.29) is 12.5 Å². The third kappa shape index (κ3) is 3.64. The number of piperidine rings is 1. The highest BCUT2D eigenvalue weighted by molar-refractivity contribution is 6.30. The molecule has 1 aromatic heterocycles. The third-order valence-corrected chi connectivity index (χ3v) is 5.70. The molecule has 2 heterocycles. The molecule has 0 atom stereocenters. The van der Waals surface area contributed by atoms with Gasteiger partial charge in [-0.1, -0.05) is 29.3 Å². The molecule has 4 nitrogen and oxygen atoms in total. The number of ether oxygens (including phenoxy) is 1. The monoisotopic (exact) mass is 382 g/mol. The Hall–Kier alpha value is -2.17. The number of rotatable bonds is 2. The maximum Gasteiger partial charge on any atom is 0.248 e. The number of amides is 1. The summed E-state index contributed by atoms with van der Waals surface area (Å²) in [5, 5.41) is 0.775. The summed E-state index contributed by atoms with van der Waals surface area (Å²) in [6, 6.07) is 10.4. The molecule has 0 N–H and O–H groups in total. The van der Waals surface area contributed by atoms with Crippen LogP contribution >= 0.6 is 11.6 Å². The molecule has 0 radical (unpaired) electrons. The van der Waals surface area contributed by atoms with E-state index in [1.54, 1.807) is 7.11 Å². The number of hydrogen-bond donors (Lipinski definition) is 0. The van der Waals surface area contributed by atoms with E-state index in [0.717, 1.165) is 49.5 Å². The van der Waals surface area contributed by atoms with E-state index in [1.165, 1.54) is 27.8 Å². The van der Waals surface area contributed by atoms with E-state index in [2.05, 4.69) is 18.2 Å². The highest BCUT2D eigenvalue weighted by atomic mass is 35.5. The highest BCUT2D eigenvalue weighted by Crippen LogP contribution is 2.38. The summed E-state index contributed by atoms with van der Waals surface area (Å²) in [7, 11) is 1.56. The second-order valence-corrected chi connectivity index (χ2v) is 7.54. The first-order valence-electron chi connectivity index (χ1n) is 9.39. The largest absolute Gasteiger partial charge is 0.375 e. The van der Waals surface area contributed by atoms with Crippen molar-refractivity contribution in [2.24, 2.45) is 0 Å². The van der Waals surface area contributed by atoms with E-state index >= 15 is 0 Å². The zero-order valence-electron chi connectivity index (χ0n) is 15.5. The predicted molar refractivity (Wildman–Crippen MR) is 107 cm³/mol. The molecular formula is C22H23ClN2O2. The number of pyridine rings is 1. The molecule has 0 saturated carbocycles. The van der Waals surface area contributed by atoms with Crippen molar-refractivity contribution in [1.82, 2.24) is 9.88 Å². The maximum absolute atomic E-state index is 12.1. The van der Waals surface area contributed by atoms with Crippen molar-refractivity contribution in [1.29, 1.82) is 0 Å². The van der Waals surface area contributed by atoms with Crippen LogP contribution in [0, 0.1) is 0 Å². The van der Waals surface area contributed by atoms with Crippen molar-refractivity contribution in [3.8, 4) is 0 Å². The van der Waals surface area contributed by atoms with Crippen LogP contribution in [0.1, 0.15) is 35.2 Å². The number of carbonyl (C=O) groups excluding carboxylic acids is 1. The van der Waals surface area contributed by atoms with Gasteiger partial charge in [0.15, 0.2) is 0 Å². The Balaban J connectivity index is 1.76. The second-order valence-electron chi connectivity index (χ2n) is 7.10. The SMILES string of the molecule is COCC(=O)N1CCC(=C2c3ccc(Cl)cc3CCc3cccnc32)CC1. The Morgan fingerprint density at radius 2 is 1.93 bits per heavy atom. The third-order valence-electron chi connectivity index (χ3n) is 5.47. The first kappa shape index (κ1) is 18.2. The van der Waals surface area contributed by atoms with Crippen LogP contribution in [0.2, 0.25) is 5.02 Å². The number of aryl methyl sites for hydroxylation is 2. The lowest BCUT2D eigenvalue weighted by atomic mass is 9.88. The zero-order valence-corrected chi connectivity index (χ0v) is 16.3. The van der Waals surface area contributed by atoms with Crippen LogP contribution in [-0.2, 0) is 22.4 Å². The fourth-order valence-electron chi connectivity index (χ4n) is 4.12. The van der Waals surface area contributed by atoms with Gasteiger partial charge in [-0.05, 0) is 60.6 Å². The van der Waals surface area contributed by atoms with Gasteiger partial charge in [0.2, 0.25) is 5.91 Å². The summed E-state index contributed by atoms with van der Waals surface area (Å²) in [5.41, 5.74) is 7.51. The lowest BCUT2D eigenvalue weighted by Crippen LogP contribution is -2.38. The zero-order chi connectivity index (χ0) is 18.8. The summed E-state index contributed by atoms with van der Waals surface area (Å²) in [6.45, 7) is 1.61. The van der Waals surface area contributed by atoms with Crippen LogP contribution < -0.4 is 0 Å². The number of aromatic nitrogens is 1. The molecule has 1 saturated heterocycles. The Bertz CT molecular complexity index is 897. The average Bonchev–Trinajstić information content (AvgIpc) is 2.85. The van der Waals surface area contributed by atoms with Crippen LogP contribution in [-0.4, -0.2) is 42.6 Å². The number of nitrogens with zero attached hydrogens (tertiary/aromatic N) is 2. The minimum absolute atomic E-state index is 0.0631. The van der Waals surface area contributed by atoms with Gasteiger partial charge in [-0.3, -0.25) is 9.78 Å². The standard InChI is InChI=1S/C22H23ClN2O2/c1-27-14-20(26)25-11-8-15(9-12-25)21-19-7-6-18(23)13-17(19)5-4-16-3-2-10-24-22(16)21/h2-3,6-7,10,13H,4-5,8-9,11-12,14H2,1H3. The summed E-state index contributed by atoms with van der Waals surface area (Å²) < 4.78 is 4.99. The van der Waals surface area contributed by atoms with Gasteiger partial charge >= 0.3 is 0 Å². The molecule has 140 valence electrons. The number of likely N-dealkylation sites (tertiary alicyclic amines) is 1. The minimum atomic E-state index is 0.0631. The topological polar surface area (TPSA) is 42.4 Å².